The third-order valence-corrected chi connectivity index (χ3v) is 5.25. The molecule has 1 aliphatic carbocycles. The van der Waals surface area contributed by atoms with Crippen molar-refractivity contribution in [2.24, 2.45) is 17.3 Å². The Hall–Kier alpha value is -0.0800. The molecule has 0 bridgehead atoms. The maximum absolute atomic E-state index is 6.24. The van der Waals surface area contributed by atoms with Crippen LogP contribution in [0.4, 0.5) is 0 Å². The molecule has 0 aromatic rings. The topological polar surface area (TPSA) is 18.5 Å². The van der Waals surface area contributed by atoms with Crippen LogP contribution in [-0.2, 0) is 9.47 Å². The minimum absolute atomic E-state index is 0.271. The Kier molecular flexibility index (Phi) is 3.81. The second-order valence-corrected chi connectivity index (χ2v) is 7.56. The fraction of sp³-hybridized carbons (Fsp3) is 1.00. The molecule has 1 aliphatic heterocycles. The van der Waals surface area contributed by atoms with Crippen LogP contribution < -0.4 is 0 Å². The minimum Gasteiger partial charge on any atom is -0.347 e. The first-order valence-electron chi connectivity index (χ1n) is 7.59. The molecule has 1 heterocycles. The SMILES string of the molecule is CC1OC2(CCC(C(C)(C)C)CC2)OC(C)C1C. The average molecular weight is 254 g/mol. The van der Waals surface area contributed by atoms with E-state index >= 15 is 0 Å². The van der Waals surface area contributed by atoms with Crippen LogP contribution in [0.25, 0.3) is 0 Å². The van der Waals surface area contributed by atoms with Gasteiger partial charge in [0, 0.05) is 18.8 Å². The van der Waals surface area contributed by atoms with Crippen molar-refractivity contribution in [3.8, 4) is 0 Å². The lowest BCUT2D eigenvalue weighted by molar-refractivity contribution is -0.342. The zero-order valence-electron chi connectivity index (χ0n) is 13.0. The standard InChI is InChI=1S/C16H30O2/c1-11-12(2)17-16(18-13(11)3)9-7-14(8-10-16)15(4,5)6/h11-14H,7-10H2,1-6H3. The fourth-order valence-electron chi connectivity index (χ4n) is 3.46. The lowest BCUT2D eigenvalue weighted by Gasteiger charge is -2.50. The molecule has 1 saturated carbocycles. The molecule has 0 aromatic heterocycles. The summed E-state index contributed by atoms with van der Waals surface area (Å²) < 4.78 is 12.5. The van der Waals surface area contributed by atoms with Crippen LogP contribution >= 0.6 is 0 Å². The summed E-state index contributed by atoms with van der Waals surface area (Å²) in [6.45, 7) is 13.7. The van der Waals surface area contributed by atoms with E-state index in [-0.39, 0.29) is 5.79 Å². The van der Waals surface area contributed by atoms with E-state index in [9.17, 15) is 0 Å². The Labute approximate surface area is 112 Å². The second kappa shape index (κ2) is 4.79. The second-order valence-electron chi connectivity index (χ2n) is 7.56. The summed E-state index contributed by atoms with van der Waals surface area (Å²) in [5, 5.41) is 0. The largest absolute Gasteiger partial charge is 0.347 e. The van der Waals surface area contributed by atoms with Crippen molar-refractivity contribution < 1.29 is 9.47 Å². The Balaban J connectivity index is 2.00. The van der Waals surface area contributed by atoms with E-state index in [0.29, 0.717) is 23.5 Å². The summed E-state index contributed by atoms with van der Waals surface area (Å²) in [6, 6.07) is 0. The van der Waals surface area contributed by atoms with E-state index in [2.05, 4.69) is 41.5 Å². The summed E-state index contributed by atoms with van der Waals surface area (Å²) in [6.07, 6.45) is 5.24. The molecule has 2 unspecified atom stereocenters. The number of rotatable bonds is 0. The predicted molar refractivity (Wildman–Crippen MR) is 74.4 cm³/mol. The zero-order chi connectivity index (χ0) is 13.6. The summed E-state index contributed by atoms with van der Waals surface area (Å²) in [4.78, 5) is 0. The van der Waals surface area contributed by atoms with Crippen LogP contribution in [0.3, 0.4) is 0 Å². The lowest BCUT2D eigenvalue weighted by Crippen LogP contribution is -2.53. The molecule has 2 heteroatoms. The molecule has 2 aliphatic rings. The molecule has 1 saturated heterocycles. The van der Waals surface area contributed by atoms with Crippen LogP contribution in [0.5, 0.6) is 0 Å². The van der Waals surface area contributed by atoms with Gasteiger partial charge in [0.1, 0.15) is 0 Å². The van der Waals surface area contributed by atoms with Crippen molar-refractivity contribution in [2.45, 2.75) is 85.2 Å². The van der Waals surface area contributed by atoms with Gasteiger partial charge in [-0.05, 0) is 38.0 Å². The molecule has 0 N–H and O–H groups in total. The van der Waals surface area contributed by atoms with Crippen molar-refractivity contribution in [1.29, 1.82) is 0 Å². The van der Waals surface area contributed by atoms with Gasteiger partial charge in [0.25, 0.3) is 0 Å². The maximum atomic E-state index is 6.24. The molecule has 2 atom stereocenters. The van der Waals surface area contributed by atoms with Crippen LogP contribution in [-0.4, -0.2) is 18.0 Å². The van der Waals surface area contributed by atoms with Gasteiger partial charge in [-0.1, -0.05) is 27.7 Å². The van der Waals surface area contributed by atoms with Crippen molar-refractivity contribution in [3.05, 3.63) is 0 Å². The Morgan fingerprint density at radius 1 is 0.889 bits per heavy atom. The van der Waals surface area contributed by atoms with Crippen LogP contribution in [0.1, 0.15) is 67.2 Å². The Morgan fingerprint density at radius 3 is 1.72 bits per heavy atom. The molecule has 106 valence electrons. The summed E-state index contributed by atoms with van der Waals surface area (Å²) >= 11 is 0. The van der Waals surface area contributed by atoms with Gasteiger partial charge in [-0.2, -0.15) is 0 Å². The predicted octanol–water partition coefficient (Wildman–Crippen LogP) is 4.38. The van der Waals surface area contributed by atoms with Gasteiger partial charge in [-0.15, -0.1) is 0 Å². The monoisotopic (exact) mass is 254 g/mol. The van der Waals surface area contributed by atoms with Gasteiger partial charge < -0.3 is 9.47 Å². The van der Waals surface area contributed by atoms with E-state index < -0.39 is 0 Å². The van der Waals surface area contributed by atoms with Crippen molar-refractivity contribution in [3.63, 3.8) is 0 Å². The van der Waals surface area contributed by atoms with Gasteiger partial charge in [-0.25, -0.2) is 0 Å². The van der Waals surface area contributed by atoms with Gasteiger partial charge in [0.2, 0.25) is 0 Å². The van der Waals surface area contributed by atoms with Crippen molar-refractivity contribution >= 4 is 0 Å². The zero-order valence-corrected chi connectivity index (χ0v) is 13.0. The van der Waals surface area contributed by atoms with Crippen LogP contribution in [0.2, 0.25) is 0 Å². The molecule has 2 nitrogen and oxygen atoms in total. The van der Waals surface area contributed by atoms with Gasteiger partial charge in [0.05, 0.1) is 12.2 Å². The van der Waals surface area contributed by atoms with E-state index in [0.717, 1.165) is 18.8 Å². The lowest BCUT2D eigenvalue weighted by atomic mass is 9.70. The van der Waals surface area contributed by atoms with Crippen LogP contribution in [0.15, 0.2) is 0 Å². The third kappa shape index (κ3) is 2.75. The summed E-state index contributed by atoms with van der Waals surface area (Å²) in [5.74, 6) is 1.03. The minimum atomic E-state index is -0.271. The highest BCUT2D eigenvalue weighted by Crippen LogP contribution is 2.46. The highest BCUT2D eigenvalue weighted by atomic mass is 16.7. The maximum Gasteiger partial charge on any atom is 0.169 e. The summed E-state index contributed by atoms with van der Waals surface area (Å²) in [7, 11) is 0. The molecule has 18 heavy (non-hydrogen) atoms. The van der Waals surface area contributed by atoms with Gasteiger partial charge >= 0.3 is 0 Å². The first-order valence-corrected chi connectivity index (χ1v) is 7.59. The highest BCUT2D eigenvalue weighted by molar-refractivity contribution is 4.89. The molecule has 0 radical (unpaired) electrons. The molecule has 1 spiro atoms. The van der Waals surface area contributed by atoms with E-state index in [1.807, 2.05) is 0 Å². The first-order chi connectivity index (χ1) is 8.23. The number of ether oxygens (including phenoxy) is 2. The first kappa shape index (κ1) is 14.3. The summed E-state index contributed by atoms with van der Waals surface area (Å²) in [5.41, 5.74) is 0.417. The number of hydrogen-bond acceptors (Lipinski definition) is 2. The molecule has 0 amide bonds. The Bertz CT molecular complexity index is 270. The van der Waals surface area contributed by atoms with E-state index in [4.69, 9.17) is 9.47 Å². The molecule has 2 fully saturated rings. The molecule has 0 aromatic carbocycles. The molecule has 2 rings (SSSR count). The Morgan fingerprint density at radius 2 is 1.33 bits per heavy atom. The smallest absolute Gasteiger partial charge is 0.169 e. The highest BCUT2D eigenvalue weighted by Gasteiger charge is 2.46. The quantitative estimate of drug-likeness (QED) is 0.638. The molecular weight excluding hydrogens is 224 g/mol. The van der Waals surface area contributed by atoms with E-state index in [1.54, 1.807) is 0 Å². The van der Waals surface area contributed by atoms with Gasteiger partial charge in [-0.3, -0.25) is 0 Å². The molecular formula is C16H30O2. The average Bonchev–Trinajstić information content (AvgIpc) is 2.25. The van der Waals surface area contributed by atoms with Crippen molar-refractivity contribution in [1.82, 2.24) is 0 Å². The van der Waals surface area contributed by atoms with Crippen LogP contribution in [0, 0.1) is 17.3 Å². The normalized spacial score (nSPS) is 46.3. The number of hydrogen-bond donors (Lipinski definition) is 0. The fourth-order valence-corrected chi connectivity index (χ4v) is 3.46. The third-order valence-electron chi connectivity index (χ3n) is 5.25. The van der Waals surface area contributed by atoms with E-state index in [1.165, 1.54) is 12.8 Å². The van der Waals surface area contributed by atoms with Crippen molar-refractivity contribution in [2.75, 3.05) is 0 Å². The van der Waals surface area contributed by atoms with Gasteiger partial charge in [0.15, 0.2) is 5.79 Å².